The van der Waals surface area contributed by atoms with Crippen LogP contribution < -0.4 is 5.32 Å². The van der Waals surface area contributed by atoms with Gasteiger partial charge >= 0.3 is 0 Å². The van der Waals surface area contributed by atoms with E-state index in [2.05, 4.69) is 39.6 Å². The Balaban J connectivity index is 1.89. The number of ether oxygens (including phenoxy) is 2. The Bertz CT molecular complexity index is 353. The molecule has 1 aromatic rings. The van der Waals surface area contributed by atoms with E-state index in [1.807, 2.05) is 0 Å². The second kappa shape index (κ2) is 7.60. The van der Waals surface area contributed by atoms with E-state index in [9.17, 15) is 0 Å². The summed E-state index contributed by atoms with van der Waals surface area (Å²) >= 11 is 5.40. The zero-order valence-electron chi connectivity index (χ0n) is 10.7. The highest BCUT2D eigenvalue weighted by Crippen LogP contribution is 2.25. The summed E-state index contributed by atoms with van der Waals surface area (Å²) in [4.78, 5) is 1.39. The molecule has 1 aliphatic heterocycles. The van der Waals surface area contributed by atoms with Crippen LogP contribution in [0.4, 0.5) is 0 Å². The quantitative estimate of drug-likeness (QED) is 0.831. The van der Waals surface area contributed by atoms with Crippen LogP contribution in [0.3, 0.4) is 0 Å². The van der Waals surface area contributed by atoms with Crippen molar-refractivity contribution >= 4 is 27.3 Å². The number of thiophene rings is 1. The maximum atomic E-state index is 5.54. The lowest BCUT2D eigenvalue weighted by atomic mass is 10.1. The first-order valence-electron chi connectivity index (χ1n) is 6.48. The zero-order valence-corrected chi connectivity index (χ0v) is 13.1. The van der Waals surface area contributed by atoms with Gasteiger partial charge in [0.2, 0.25) is 0 Å². The van der Waals surface area contributed by atoms with Crippen molar-refractivity contribution in [3.05, 3.63) is 20.8 Å². The van der Waals surface area contributed by atoms with Crippen LogP contribution >= 0.6 is 27.3 Å². The Hall–Kier alpha value is 0.0600. The maximum absolute atomic E-state index is 5.54. The van der Waals surface area contributed by atoms with Gasteiger partial charge in [0.25, 0.3) is 0 Å². The average molecular weight is 334 g/mol. The second-order valence-electron chi connectivity index (χ2n) is 4.45. The summed E-state index contributed by atoms with van der Waals surface area (Å²) < 4.78 is 12.3. The number of hydrogen-bond acceptors (Lipinski definition) is 4. The van der Waals surface area contributed by atoms with Crippen molar-refractivity contribution in [2.45, 2.75) is 38.5 Å². The summed E-state index contributed by atoms with van der Waals surface area (Å²) in [7, 11) is 0. The molecule has 2 rings (SSSR count). The molecule has 1 saturated heterocycles. The molecule has 0 aromatic carbocycles. The van der Waals surface area contributed by atoms with E-state index < -0.39 is 0 Å². The first kappa shape index (κ1) is 14.5. The van der Waals surface area contributed by atoms with Gasteiger partial charge < -0.3 is 14.8 Å². The predicted molar refractivity (Wildman–Crippen MR) is 78.1 cm³/mol. The molecule has 3 nitrogen and oxygen atoms in total. The molecule has 1 atom stereocenters. The lowest BCUT2D eigenvalue weighted by molar-refractivity contribution is -0.0526. The Morgan fingerprint density at radius 2 is 2.28 bits per heavy atom. The fraction of sp³-hybridized carbons (Fsp3) is 0.692. The average Bonchev–Trinajstić information content (AvgIpc) is 2.99. The third-order valence-corrected chi connectivity index (χ3v) is 4.92. The van der Waals surface area contributed by atoms with Gasteiger partial charge in [-0.25, -0.2) is 0 Å². The van der Waals surface area contributed by atoms with Gasteiger partial charge in [-0.1, -0.05) is 6.92 Å². The van der Waals surface area contributed by atoms with Gasteiger partial charge in [0.1, 0.15) is 0 Å². The summed E-state index contributed by atoms with van der Waals surface area (Å²) in [5.41, 5.74) is 0. The van der Waals surface area contributed by atoms with Crippen LogP contribution in [0.5, 0.6) is 0 Å². The van der Waals surface area contributed by atoms with E-state index in [4.69, 9.17) is 9.47 Å². The van der Waals surface area contributed by atoms with Crippen LogP contribution in [-0.2, 0) is 15.9 Å². The molecular formula is C13H20BrNO2S. The largest absolute Gasteiger partial charge is 0.350 e. The number of nitrogens with one attached hydrogen (secondary N) is 1. The minimum Gasteiger partial charge on any atom is -0.350 e. The number of rotatable bonds is 7. The maximum Gasteiger partial charge on any atom is 0.159 e. The van der Waals surface area contributed by atoms with E-state index in [0.29, 0.717) is 6.04 Å². The van der Waals surface area contributed by atoms with Gasteiger partial charge in [-0.15, -0.1) is 11.3 Å². The molecule has 1 fully saturated rings. The van der Waals surface area contributed by atoms with E-state index >= 15 is 0 Å². The molecule has 1 aliphatic rings. The van der Waals surface area contributed by atoms with E-state index in [1.54, 1.807) is 11.3 Å². The minimum atomic E-state index is -0.0295. The highest BCUT2D eigenvalue weighted by Gasteiger charge is 2.22. The van der Waals surface area contributed by atoms with Gasteiger partial charge in [-0.3, -0.25) is 0 Å². The normalized spacial score (nSPS) is 18.3. The predicted octanol–water partition coefficient (Wildman–Crippen LogP) is 3.18. The van der Waals surface area contributed by atoms with Gasteiger partial charge in [-0.05, 0) is 46.8 Å². The molecule has 0 spiro atoms. The van der Waals surface area contributed by atoms with Crippen LogP contribution in [0.25, 0.3) is 0 Å². The SMILES string of the molecule is CCCNC(Cc1sccc1Br)CC1OCCO1. The Kier molecular flexibility index (Phi) is 6.11. The van der Waals surface area contributed by atoms with E-state index in [-0.39, 0.29) is 6.29 Å². The fourth-order valence-corrected chi connectivity index (χ4v) is 3.65. The van der Waals surface area contributed by atoms with Crippen molar-refractivity contribution in [3.63, 3.8) is 0 Å². The third-order valence-electron chi connectivity index (χ3n) is 2.97. The summed E-state index contributed by atoms with van der Waals surface area (Å²) in [5.74, 6) is 0. The smallest absolute Gasteiger partial charge is 0.159 e. The molecule has 1 aromatic heterocycles. The van der Waals surface area contributed by atoms with E-state index in [1.165, 1.54) is 9.35 Å². The molecule has 5 heteroatoms. The van der Waals surface area contributed by atoms with Crippen molar-refractivity contribution in [3.8, 4) is 0 Å². The van der Waals surface area contributed by atoms with E-state index in [0.717, 1.165) is 39.0 Å². The Labute approximate surface area is 121 Å². The first-order valence-corrected chi connectivity index (χ1v) is 8.15. The number of hydrogen-bond donors (Lipinski definition) is 1. The van der Waals surface area contributed by atoms with Crippen LogP contribution in [0.15, 0.2) is 15.9 Å². The molecular weight excluding hydrogens is 314 g/mol. The van der Waals surface area contributed by atoms with Gasteiger partial charge in [0.15, 0.2) is 6.29 Å². The molecule has 2 heterocycles. The second-order valence-corrected chi connectivity index (χ2v) is 6.31. The highest BCUT2D eigenvalue weighted by molar-refractivity contribution is 9.10. The standard InChI is InChI=1S/C13H20BrNO2S/c1-2-4-15-10(9-13-16-5-6-17-13)8-12-11(14)3-7-18-12/h3,7,10,13,15H,2,4-6,8-9H2,1H3. The monoisotopic (exact) mass is 333 g/mol. The van der Waals surface area contributed by atoms with Crippen molar-refractivity contribution < 1.29 is 9.47 Å². The van der Waals surface area contributed by atoms with Crippen LogP contribution in [0.2, 0.25) is 0 Å². The Morgan fingerprint density at radius 3 is 2.89 bits per heavy atom. The van der Waals surface area contributed by atoms with Crippen LogP contribution in [0, 0.1) is 0 Å². The number of halogens is 1. The van der Waals surface area contributed by atoms with Crippen molar-refractivity contribution in [2.24, 2.45) is 0 Å². The highest BCUT2D eigenvalue weighted by atomic mass is 79.9. The molecule has 0 aliphatic carbocycles. The van der Waals surface area contributed by atoms with Crippen LogP contribution in [0.1, 0.15) is 24.6 Å². The lowest BCUT2D eigenvalue weighted by Crippen LogP contribution is -2.35. The molecule has 0 radical (unpaired) electrons. The molecule has 18 heavy (non-hydrogen) atoms. The topological polar surface area (TPSA) is 30.5 Å². The molecule has 102 valence electrons. The third kappa shape index (κ3) is 4.31. The van der Waals surface area contributed by atoms with Crippen molar-refractivity contribution in [1.82, 2.24) is 5.32 Å². The molecule has 0 bridgehead atoms. The molecule has 0 saturated carbocycles. The van der Waals surface area contributed by atoms with Gasteiger partial charge in [0, 0.05) is 21.8 Å². The molecule has 1 N–H and O–H groups in total. The van der Waals surface area contributed by atoms with Gasteiger partial charge in [-0.2, -0.15) is 0 Å². The summed E-state index contributed by atoms with van der Waals surface area (Å²) in [6, 6.07) is 2.53. The fourth-order valence-electron chi connectivity index (χ4n) is 2.06. The minimum absolute atomic E-state index is 0.0295. The first-order chi connectivity index (χ1) is 8.79. The van der Waals surface area contributed by atoms with Gasteiger partial charge in [0.05, 0.1) is 13.2 Å². The lowest BCUT2D eigenvalue weighted by Gasteiger charge is -2.21. The zero-order chi connectivity index (χ0) is 12.8. The van der Waals surface area contributed by atoms with Crippen molar-refractivity contribution in [2.75, 3.05) is 19.8 Å². The molecule has 1 unspecified atom stereocenters. The van der Waals surface area contributed by atoms with Crippen molar-refractivity contribution in [1.29, 1.82) is 0 Å². The van der Waals surface area contributed by atoms with Crippen LogP contribution in [-0.4, -0.2) is 32.1 Å². The summed E-state index contributed by atoms with van der Waals surface area (Å²) in [6.07, 6.45) is 3.07. The summed E-state index contributed by atoms with van der Waals surface area (Å²) in [6.45, 7) is 4.69. The molecule has 0 amide bonds. The summed E-state index contributed by atoms with van der Waals surface area (Å²) in [5, 5.41) is 5.71. The Morgan fingerprint density at radius 1 is 1.50 bits per heavy atom.